The van der Waals surface area contributed by atoms with Gasteiger partial charge in [0.15, 0.2) is 0 Å². The van der Waals surface area contributed by atoms with Gasteiger partial charge in [-0.3, -0.25) is 10.4 Å². The van der Waals surface area contributed by atoms with Gasteiger partial charge in [-0.25, -0.2) is 0 Å². The Morgan fingerprint density at radius 2 is 2.23 bits per heavy atom. The molecule has 0 radical (unpaired) electrons. The average molecular weight is 175 g/mol. The van der Waals surface area contributed by atoms with Gasteiger partial charge in [-0.15, -0.1) is 0 Å². The van der Waals surface area contributed by atoms with E-state index in [4.69, 9.17) is 11.1 Å². The van der Waals surface area contributed by atoms with E-state index in [9.17, 15) is 0 Å². The van der Waals surface area contributed by atoms with Crippen molar-refractivity contribution < 1.29 is 0 Å². The summed E-state index contributed by atoms with van der Waals surface area (Å²) in [6.45, 7) is 1.96. The van der Waals surface area contributed by atoms with Gasteiger partial charge in [0.05, 0.1) is 5.41 Å². The molecule has 13 heavy (non-hydrogen) atoms. The number of amidine groups is 1. The summed E-state index contributed by atoms with van der Waals surface area (Å²) >= 11 is 0. The summed E-state index contributed by atoms with van der Waals surface area (Å²) in [4.78, 5) is 4.22. The minimum atomic E-state index is -0.166. The fraction of sp³-hybridized carbons (Fsp3) is 0.400. The molecule has 0 unspecified atom stereocenters. The molecule has 0 bridgehead atoms. The number of rotatable bonds is 2. The van der Waals surface area contributed by atoms with E-state index in [-0.39, 0.29) is 11.3 Å². The van der Waals surface area contributed by atoms with E-state index in [1.807, 2.05) is 25.3 Å². The zero-order valence-corrected chi connectivity index (χ0v) is 7.67. The molecule has 1 heterocycles. The van der Waals surface area contributed by atoms with Crippen molar-refractivity contribution >= 4 is 5.84 Å². The lowest BCUT2D eigenvalue weighted by molar-refractivity contribution is 0.906. The van der Waals surface area contributed by atoms with Crippen LogP contribution in [0.5, 0.6) is 0 Å². The predicted octanol–water partition coefficient (Wildman–Crippen LogP) is 1.36. The minimum absolute atomic E-state index is 0.166. The van der Waals surface area contributed by atoms with E-state index >= 15 is 0 Å². The Balaban J connectivity index is 2.36. The third kappa shape index (κ3) is 1.20. The van der Waals surface area contributed by atoms with Gasteiger partial charge in [-0.05, 0) is 31.4 Å². The van der Waals surface area contributed by atoms with Crippen LogP contribution >= 0.6 is 0 Å². The van der Waals surface area contributed by atoms with Crippen LogP contribution in [0.25, 0.3) is 0 Å². The fourth-order valence-corrected chi connectivity index (χ4v) is 1.59. The van der Waals surface area contributed by atoms with Gasteiger partial charge < -0.3 is 5.73 Å². The molecule has 0 amide bonds. The molecule has 1 aromatic rings. The summed E-state index contributed by atoms with van der Waals surface area (Å²) in [5.41, 5.74) is 7.48. The molecule has 3 heteroatoms. The summed E-state index contributed by atoms with van der Waals surface area (Å²) < 4.78 is 0. The van der Waals surface area contributed by atoms with Gasteiger partial charge in [0.1, 0.15) is 5.84 Å². The van der Waals surface area contributed by atoms with Crippen molar-refractivity contribution in [3.8, 4) is 0 Å². The van der Waals surface area contributed by atoms with Gasteiger partial charge in [-0.1, -0.05) is 6.07 Å². The first kappa shape index (κ1) is 8.23. The average Bonchev–Trinajstić information content (AvgIpc) is 2.86. The highest BCUT2D eigenvalue weighted by Gasteiger charge is 2.47. The number of hydrogen-bond acceptors (Lipinski definition) is 2. The quantitative estimate of drug-likeness (QED) is 0.526. The molecule has 0 atom stereocenters. The Kier molecular flexibility index (Phi) is 1.62. The highest BCUT2D eigenvalue weighted by atomic mass is 14.8. The maximum absolute atomic E-state index is 7.50. The molecule has 3 nitrogen and oxygen atoms in total. The lowest BCUT2D eigenvalue weighted by Crippen LogP contribution is -2.27. The Labute approximate surface area is 77.5 Å². The maximum atomic E-state index is 7.50. The summed E-state index contributed by atoms with van der Waals surface area (Å²) in [6.07, 6.45) is 3.82. The van der Waals surface area contributed by atoms with Crippen LogP contribution in [0.4, 0.5) is 0 Å². The molecule has 0 aliphatic heterocycles. The molecule has 1 aliphatic rings. The number of nitrogens with zero attached hydrogens (tertiary/aromatic N) is 1. The predicted molar refractivity (Wildman–Crippen MR) is 51.8 cm³/mol. The molecule has 1 saturated carbocycles. The highest BCUT2D eigenvalue weighted by molar-refractivity contribution is 5.92. The van der Waals surface area contributed by atoms with E-state index in [0.717, 1.165) is 24.1 Å². The second kappa shape index (κ2) is 2.55. The Bertz CT molecular complexity index is 336. The van der Waals surface area contributed by atoms with Crippen molar-refractivity contribution in [1.29, 1.82) is 5.41 Å². The van der Waals surface area contributed by atoms with Crippen LogP contribution in [0.1, 0.15) is 24.1 Å². The minimum Gasteiger partial charge on any atom is -0.387 e. The second-order valence-electron chi connectivity index (χ2n) is 3.68. The number of nitrogens with one attached hydrogen (secondary N) is 1. The van der Waals surface area contributed by atoms with Crippen molar-refractivity contribution in [3.05, 3.63) is 29.6 Å². The van der Waals surface area contributed by atoms with E-state index in [1.165, 1.54) is 0 Å². The van der Waals surface area contributed by atoms with Crippen LogP contribution in [-0.2, 0) is 5.41 Å². The molecule has 2 rings (SSSR count). The van der Waals surface area contributed by atoms with Crippen LogP contribution in [0, 0.1) is 12.3 Å². The maximum Gasteiger partial charge on any atom is 0.101 e. The van der Waals surface area contributed by atoms with Crippen LogP contribution in [-0.4, -0.2) is 10.8 Å². The molecule has 0 spiro atoms. The number of hydrogen-bond donors (Lipinski definition) is 2. The van der Waals surface area contributed by atoms with Crippen LogP contribution in [0.15, 0.2) is 18.3 Å². The van der Waals surface area contributed by atoms with Crippen molar-refractivity contribution in [3.63, 3.8) is 0 Å². The Morgan fingerprint density at radius 3 is 2.62 bits per heavy atom. The first-order valence-electron chi connectivity index (χ1n) is 4.43. The van der Waals surface area contributed by atoms with Crippen molar-refractivity contribution in [1.82, 2.24) is 4.98 Å². The van der Waals surface area contributed by atoms with Gasteiger partial charge >= 0.3 is 0 Å². The van der Waals surface area contributed by atoms with Gasteiger partial charge in [0.25, 0.3) is 0 Å². The smallest absolute Gasteiger partial charge is 0.101 e. The lowest BCUT2D eigenvalue weighted by Gasteiger charge is -2.12. The standard InChI is InChI=1S/C10H13N3/c1-7-2-3-8(6-13-7)10(4-5-10)9(11)12/h2-3,6H,4-5H2,1H3,(H3,11,12). The van der Waals surface area contributed by atoms with Crippen molar-refractivity contribution in [2.24, 2.45) is 5.73 Å². The van der Waals surface area contributed by atoms with Crippen LogP contribution < -0.4 is 5.73 Å². The molecular weight excluding hydrogens is 162 g/mol. The van der Waals surface area contributed by atoms with Gasteiger partial charge in [0.2, 0.25) is 0 Å². The first-order valence-corrected chi connectivity index (χ1v) is 4.43. The van der Waals surface area contributed by atoms with E-state index < -0.39 is 0 Å². The molecule has 0 aromatic carbocycles. The normalized spacial score (nSPS) is 18.2. The number of aromatic nitrogens is 1. The summed E-state index contributed by atoms with van der Waals surface area (Å²) in [7, 11) is 0. The molecular formula is C10H13N3. The number of pyridine rings is 1. The van der Waals surface area contributed by atoms with Crippen molar-refractivity contribution in [2.45, 2.75) is 25.2 Å². The fourth-order valence-electron chi connectivity index (χ4n) is 1.59. The van der Waals surface area contributed by atoms with Crippen LogP contribution in [0.3, 0.4) is 0 Å². The monoisotopic (exact) mass is 175 g/mol. The summed E-state index contributed by atoms with van der Waals surface area (Å²) in [5, 5.41) is 7.50. The zero-order chi connectivity index (χ0) is 9.47. The van der Waals surface area contributed by atoms with E-state index in [0.29, 0.717) is 0 Å². The zero-order valence-electron chi connectivity index (χ0n) is 7.67. The molecule has 68 valence electrons. The molecule has 3 N–H and O–H groups in total. The third-order valence-electron chi connectivity index (χ3n) is 2.73. The third-order valence-corrected chi connectivity index (χ3v) is 2.73. The summed E-state index contributed by atoms with van der Waals surface area (Å²) in [6, 6.07) is 4.00. The number of nitrogens with two attached hydrogens (primary N) is 1. The molecule has 1 aromatic heterocycles. The van der Waals surface area contributed by atoms with E-state index in [2.05, 4.69) is 4.98 Å². The highest BCUT2D eigenvalue weighted by Crippen LogP contribution is 2.47. The summed E-state index contributed by atoms with van der Waals surface area (Å²) in [5.74, 6) is 0.276. The van der Waals surface area contributed by atoms with Gasteiger partial charge in [-0.2, -0.15) is 0 Å². The van der Waals surface area contributed by atoms with Crippen LogP contribution in [0.2, 0.25) is 0 Å². The Hall–Kier alpha value is -1.38. The molecule has 1 aliphatic carbocycles. The van der Waals surface area contributed by atoms with Crippen molar-refractivity contribution in [2.75, 3.05) is 0 Å². The van der Waals surface area contributed by atoms with E-state index in [1.54, 1.807) is 0 Å². The number of aryl methyl sites for hydroxylation is 1. The lowest BCUT2D eigenvalue weighted by atomic mass is 9.96. The Morgan fingerprint density at radius 1 is 1.54 bits per heavy atom. The SMILES string of the molecule is Cc1ccc(C2(C(=N)N)CC2)cn1. The molecule has 1 fully saturated rings. The topological polar surface area (TPSA) is 62.8 Å². The largest absolute Gasteiger partial charge is 0.387 e. The first-order chi connectivity index (χ1) is 6.15. The second-order valence-corrected chi connectivity index (χ2v) is 3.68. The molecule has 0 saturated heterocycles. The van der Waals surface area contributed by atoms with Gasteiger partial charge in [0, 0.05) is 11.9 Å².